The van der Waals surface area contributed by atoms with Crippen molar-refractivity contribution in [3.8, 4) is 34.5 Å². The van der Waals surface area contributed by atoms with Crippen molar-refractivity contribution in [1.29, 1.82) is 9.56 Å². The topological polar surface area (TPSA) is 163 Å². The maximum atomic E-state index is 14.0. The number of hydrogen-bond donors (Lipinski definition) is 2. The molecule has 6 aromatic rings. The van der Waals surface area contributed by atoms with Crippen molar-refractivity contribution in [2.24, 2.45) is 0 Å². The standard InChI is InChI=1S/C41H43N7O7S2/c1-51-32-7-13-36-38(25-32)44-16-15-40(36)54-30-3-9-34(10-4-30)56(42,49)47-19-17-46(18-20-47)28-29-27-45-39-26-33(52-2)8-14-37(39)41(29)55-31-5-11-35(12-6-31)57(43,50)48-21-23-53-24-22-48/h3-16,25-27,42-43H,17-24,28H2,1-2H3. The Hall–Kier alpha value is -5.36. The Kier molecular flexibility index (Phi) is 11.0. The van der Waals surface area contributed by atoms with E-state index in [4.69, 9.17) is 38.2 Å². The van der Waals surface area contributed by atoms with Crippen LogP contribution in [-0.4, -0.2) is 98.6 Å². The summed E-state index contributed by atoms with van der Waals surface area (Å²) in [5.74, 6) is 3.73. The van der Waals surface area contributed by atoms with E-state index in [1.54, 1.807) is 89.8 Å². The summed E-state index contributed by atoms with van der Waals surface area (Å²) in [7, 11) is -3.20. The number of rotatable bonds is 12. The number of ether oxygens (including phenoxy) is 5. The summed E-state index contributed by atoms with van der Waals surface area (Å²) in [6.45, 7) is 4.29. The summed E-state index contributed by atoms with van der Waals surface area (Å²) in [5, 5.41) is 1.63. The van der Waals surface area contributed by atoms with Gasteiger partial charge in [-0.2, -0.15) is 0 Å². The van der Waals surface area contributed by atoms with Gasteiger partial charge < -0.3 is 23.7 Å². The van der Waals surface area contributed by atoms with Gasteiger partial charge in [-0.25, -0.2) is 26.6 Å². The molecule has 14 nitrogen and oxygen atoms in total. The molecule has 4 heterocycles. The summed E-state index contributed by atoms with van der Waals surface area (Å²) >= 11 is 0. The predicted molar refractivity (Wildman–Crippen MR) is 217 cm³/mol. The van der Waals surface area contributed by atoms with E-state index < -0.39 is 19.8 Å². The molecule has 296 valence electrons. The third-order valence-corrected chi connectivity index (χ3v) is 14.2. The number of piperazine rings is 1. The maximum absolute atomic E-state index is 14.0. The van der Waals surface area contributed by atoms with Crippen LogP contribution in [0, 0.1) is 9.56 Å². The summed E-state index contributed by atoms with van der Waals surface area (Å²) in [4.78, 5) is 12.2. The average molecular weight is 810 g/mol. The van der Waals surface area contributed by atoms with Crippen molar-refractivity contribution in [3.05, 3.63) is 109 Å². The number of benzene rings is 4. The molecule has 2 aliphatic rings. The first kappa shape index (κ1) is 38.5. The van der Waals surface area contributed by atoms with Gasteiger partial charge in [0.05, 0.1) is 48.3 Å². The Morgan fingerprint density at radius 2 is 1.16 bits per heavy atom. The highest BCUT2D eigenvalue weighted by atomic mass is 32.2. The number of methoxy groups -OCH3 is 2. The smallest absolute Gasteiger partial charge is 0.142 e. The first-order valence-electron chi connectivity index (χ1n) is 18.4. The van der Waals surface area contributed by atoms with Crippen molar-refractivity contribution in [2.45, 2.75) is 16.3 Å². The highest BCUT2D eigenvalue weighted by Crippen LogP contribution is 2.36. The molecule has 0 bridgehead atoms. The van der Waals surface area contributed by atoms with E-state index >= 15 is 0 Å². The van der Waals surface area contributed by atoms with Crippen LogP contribution in [0.4, 0.5) is 0 Å². The maximum Gasteiger partial charge on any atom is 0.142 e. The largest absolute Gasteiger partial charge is 0.497 e. The van der Waals surface area contributed by atoms with E-state index in [0.29, 0.717) is 109 Å². The van der Waals surface area contributed by atoms with Gasteiger partial charge in [-0.3, -0.25) is 14.9 Å². The van der Waals surface area contributed by atoms with Crippen molar-refractivity contribution in [2.75, 3.05) is 66.7 Å². The lowest BCUT2D eigenvalue weighted by atomic mass is 10.1. The van der Waals surface area contributed by atoms with Gasteiger partial charge in [0.25, 0.3) is 0 Å². The number of nitrogens with zero attached hydrogens (tertiary/aromatic N) is 5. The van der Waals surface area contributed by atoms with Crippen molar-refractivity contribution in [3.63, 3.8) is 0 Å². The van der Waals surface area contributed by atoms with Crippen LogP contribution in [0.25, 0.3) is 21.8 Å². The molecule has 2 aromatic heterocycles. The van der Waals surface area contributed by atoms with Gasteiger partial charge in [0.2, 0.25) is 0 Å². The zero-order chi connectivity index (χ0) is 39.6. The van der Waals surface area contributed by atoms with Gasteiger partial charge in [0.15, 0.2) is 0 Å². The Balaban J connectivity index is 0.953. The first-order valence-corrected chi connectivity index (χ1v) is 21.5. The molecule has 0 aliphatic carbocycles. The van der Waals surface area contributed by atoms with E-state index in [2.05, 4.69) is 9.88 Å². The Morgan fingerprint density at radius 1 is 0.632 bits per heavy atom. The molecule has 0 radical (unpaired) electrons. The minimum atomic E-state index is -3.26. The predicted octanol–water partition coefficient (Wildman–Crippen LogP) is 7.18. The summed E-state index contributed by atoms with van der Waals surface area (Å²) in [5.41, 5.74) is 2.30. The molecule has 2 saturated heterocycles. The molecule has 2 aliphatic heterocycles. The van der Waals surface area contributed by atoms with Gasteiger partial charge in [0.1, 0.15) is 54.3 Å². The van der Waals surface area contributed by atoms with Crippen molar-refractivity contribution >= 4 is 41.6 Å². The fourth-order valence-electron chi connectivity index (χ4n) is 6.98. The van der Waals surface area contributed by atoms with Crippen LogP contribution in [-0.2, 0) is 31.1 Å². The van der Waals surface area contributed by atoms with Gasteiger partial charge >= 0.3 is 0 Å². The van der Waals surface area contributed by atoms with Crippen LogP contribution < -0.4 is 18.9 Å². The van der Waals surface area contributed by atoms with E-state index in [-0.39, 0.29) is 0 Å². The lowest BCUT2D eigenvalue weighted by Gasteiger charge is -2.35. The van der Waals surface area contributed by atoms with Crippen LogP contribution in [0.15, 0.2) is 113 Å². The molecule has 2 fully saturated rings. The average Bonchev–Trinajstić information content (AvgIpc) is 3.25. The molecular formula is C41H43N7O7S2. The quantitative estimate of drug-likeness (QED) is 0.130. The second-order valence-corrected chi connectivity index (χ2v) is 17.7. The van der Waals surface area contributed by atoms with E-state index in [0.717, 1.165) is 21.9 Å². The second-order valence-electron chi connectivity index (χ2n) is 13.6. The van der Waals surface area contributed by atoms with Gasteiger partial charge in [0, 0.05) is 86.7 Å². The monoisotopic (exact) mass is 809 g/mol. The minimum Gasteiger partial charge on any atom is -0.497 e. The van der Waals surface area contributed by atoms with Crippen molar-refractivity contribution < 1.29 is 32.1 Å². The van der Waals surface area contributed by atoms with Crippen LogP contribution >= 0.6 is 0 Å². The third-order valence-electron chi connectivity index (χ3n) is 10.2. The minimum absolute atomic E-state index is 0.412. The molecule has 0 saturated carbocycles. The highest BCUT2D eigenvalue weighted by Gasteiger charge is 2.28. The Labute approximate surface area is 332 Å². The van der Waals surface area contributed by atoms with Crippen LogP contribution in [0.1, 0.15) is 5.56 Å². The second kappa shape index (κ2) is 16.2. The summed E-state index contributed by atoms with van der Waals surface area (Å²) in [6.07, 6.45) is 3.48. The van der Waals surface area contributed by atoms with Gasteiger partial charge in [-0.05, 0) is 78.9 Å². The highest BCUT2D eigenvalue weighted by molar-refractivity contribution is 7.90. The zero-order valence-corrected chi connectivity index (χ0v) is 33.2. The lowest BCUT2D eigenvalue weighted by Crippen LogP contribution is -2.47. The van der Waals surface area contributed by atoms with Crippen LogP contribution in [0.5, 0.6) is 34.5 Å². The fraction of sp³-hybridized carbons (Fsp3) is 0.268. The van der Waals surface area contributed by atoms with E-state index in [1.165, 1.54) is 0 Å². The molecule has 8 rings (SSSR count). The number of pyridine rings is 2. The van der Waals surface area contributed by atoms with E-state index in [1.807, 2.05) is 36.4 Å². The van der Waals surface area contributed by atoms with E-state index in [9.17, 15) is 8.42 Å². The molecule has 2 atom stereocenters. The Morgan fingerprint density at radius 3 is 1.75 bits per heavy atom. The molecule has 16 heteroatoms. The number of nitrogens with one attached hydrogen (secondary N) is 2. The molecule has 57 heavy (non-hydrogen) atoms. The molecule has 0 amide bonds. The summed E-state index contributed by atoms with van der Waals surface area (Å²) < 4.78 is 77.3. The zero-order valence-electron chi connectivity index (χ0n) is 31.6. The third kappa shape index (κ3) is 8.10. The summed E-state index contributed by atoms with van der Waals surface area (Å²) in [6, 6.07) is 26.7. The SMILES string of the molecule is COc1ccc2c(Oc3ccc(S(=N)(=O)N4CCN(Cc5cnc6cc(OC)ccc6c5Oc5ccc(S(=N)(=O)N6CCOCC6)cc5)CC4)cc3)ccnc2c1. The molecule has 4 aromatic carbocycles. The van der Waals surface area contributed by atoms with Gasteiger partial charge in [-0.15, -0.1) is 0 Å². The van der Waals surface area contributed by atoms with Gasteiger partial charge in [-0.1, -0.05) is 0 Å². The number of fused-ring (bicyclic) bond motifs is 2. The van der Waals surface area contributed by atoms with Crippen molar-refractivity contribution in [1.82, 2.24) is 23.5 Å². The number of aromatic nitrogens is 2. The molecular weight excluding hydrogens is 767 g/mol. The molecule has 2 N–H and O–H groups in total. The van der Waals surface area contributed by atoms with Crippen LogP contribution in [0.2, 0.25) is 0 Å². The molecule has 0 spiro atoms. The van der Waals surface area contributed by atoms with Crippen LogP contribution in [0.3, 0.4) is 0 Å². The number of hydrogen-bond acceptors (Lipinski definition) is 12. The first-order chi connectivity index (χ1) is 27.6. The Bertz CT molecular complexity index is 2610. The molecule has 2 unspecified atom stereocenters. The normalized spacial score (nSPS) is 17.8. The number of morpholine rings is 1. The fourth-order valence-corrected chi connectivity index (χ4v) is 9.93. The lowest BCUT2D eigenvalue weighted by molar-refractivity contribution is 0.0743.